The van der Waals surface area contributed by atoms with E-state index in [0.717, 1.165) is 11.1 Å². The van der Waals surface area contributed by atoms with Crippen LogP contribution in [0.1, 0.15) is 17.2 Å². The zero-order chi connectivity index (χ0) is 24.5. The summed E-state index contributed by atoms with van der Waals surface area (Å²) in [6.45, 7) is 0.195. The van der Waals surface area contributed by atoms with E-state index in [0.29, 0.717) is 17.9 Å². The molecule has 0 aromatic heterocycles. The number of aliphatic hydroxyl groups excluding tert-OH is 1. The van der Waals surface area contributed by atoms with Crippen LogP contribution in [0, 0.1) is 10.1 Å². The molecule has 0 fully saturated rings. The van der Waals surface area contributed by atoms with E-state index in [9.17, 15) is 15.2 Å². The number of hydrogen-bond donors (Lipinski definition) is 3. The van der Waals surface area contributed by atoms with E-state index in [1.165, 1.54) is 18.2 Å². The van der Waals surface area contributed by atoms with Crippen LogP contribution in [-0.2, 0) is 6.42 Å². The number of ether oxygens (including phenoxy) is 3. The highest BCUT2D eigenvalue weighted by molar-refractivity contribution is 5.60. The maximum Gasteiger partial charge on any atom is 0.295 e. The lowest BCUT2D eigenvalue weighted by molar-refractivity contribution is -0.384. The first-order chi connectivity index (χ1) is 16.4. The van der Waals surface area contributed by atoms with Crippen molar-refractivity contribution in [3.63, 3.8) is 0 Å². The van der Waals surface area contributed by atoms with Gasteiger partial charge in [0, 0.05) is 12.6 Å². The Balaban J connectivity index is 1.68. The van der Waals surface area contributed by atoms with Crippen molar-refractivity contribution < 1.29 is 24.2 Å². The number of nitrogens with zero attached hydrogens (tertiary/aromatic N) is 1. The summed E-state index contributed by atoms with van der Waals surface area (Å²) in [6, 6.07) is 19.8. The minimum absolute atomic E-state index is 0.0436. The second-order valence-corrected chi connectivity index (χ2v) is 7.71. The topological polar surface area (TPSA) is 129 Å². The largest absolute Gasteiger partial charge is 0.493 e. The van der Waals surface area contributed by atoms with Crippen LogP contribution < -0.4 is 25.3 Å². The van der Waals surface area contributed by atoms with Gasteiger partial charge in [-0.3, -0.25) is 10.1 Å². The SMILES string of the molecule is COc1ccc(C(Cc2ccccc2)NC[C@H](O)COc2ccc(N)c([N+](=O)[O-])c2)cc1OC. The second-order valence-electron chi connectivity index (χ2n) is 7.71. The van der Waals surface area contributed by atoms with Gasteiger partial charge in [0.05, 0.1) is 25.2 Å². The lowest BCUT2D eigenvalue weighted by atomic mass is 9.98. The van der Waals surface area contributed by atoms with Crippen molar-refractivity contribution in [2.75, 3.05) is 33.1 Å². The first-order valence-corrected chi connectivity index (χ1v) is 10.7. The fraction of sp³-hybridized carbons (Fsp3) is 0.280. The van der Waals surface area contributed by atoms with Crippen LogP contribution in [0.4, 0.5) is 11.4 Å². The number of nitro benzene ring substituents is 1. The molecule has 0 spiro atoms. The maximum absolute atomic E-state index is 11.1. The Bertz CT molecular complexity index is 1090. The first kappa shape index (κ1) is 24.8. The normalized spacial score (nSPS) is 12.6. The fourth-order valence-electron chi connectivity index (χ4n) is 3.53. The van der Waals surface area contributed by atoms with Crippen molar-refractivity contribution >= 4 is 11.4 Å². The lowest BCUT2D eigenvalue weighted by Crippen LogP contribution is -2.34. The van der Waals surface area contributed by atoms with Crippen molar-refractivity contribution in [2.24, 2.45) is 0 Å². The zero-order valence-electron chi connectivity index (χ0n) is 19.1. The van der Waals surface area contributed by atoms with Crippen LogP contribution >= 0.6 is 0 Å². The molecule has 0 radical (unpaired) electrons. The van der Waals surface area contributed by atoms with Gasteiger partial charge in [-0.05, 0) is 41.8 Å². The molecule has 9 nitrogen and oxygen atoms in total. The first-order valence-electron chi connectivity index (χ1n) is 10.7. The quantitative estimate of drug-likeness (QED) is 0.210. The van der Waals surface area contributed by atoms with E-state index in [2.05, 4.69) is 5.32 Å². The third kappa shape index (κ3) is 6.60. The molecule has 3 aromatic rings. The Morgan fingerprint density at radius 2 is 1.76 bits per heavy atom. The molecule has 0 aliphatic rings. The average molecular weight is 468 g/mol. The van der Waals surface area contributed by atoms with E-state index in [-0.39, 0.29) is 36.3 Å². The van der Waals surface area contributed by atoms with Gasteiger partial charge in [-0.25, -0.2) is 0 Å². The van der Waals surface area contributed by atoms with Gasteiger partial charge in [0.15, 0.2) is 11.5 Å². The molecule has 3 rings (SSSR count). The van der Waals surface area contributed by atoms with Crippen LogP contribution in [0.3, 0.4) is 0 Å². The number of aliphatic hydroxyl groups is 1. The van der Waals surface area contributed by atoms with E-state index >= 15 is 0 Å². The van der Waals surface area contributed by atoms with Crippen LogP contribution in [-0.4, -0.2) is 43.5 Å². The monoisotopic (exact) mass is 467 g/mol. The molecular formula is C25H29N3O6. The van der Waals surface area contributed by atoms with E-state index in [4.69, 9.17) is 19.9 Å². The van der Waals surface area contributed by atoms with Gasteiger partial charge in [-0.2, -0.15) is 0 Å². The van der Waals surface area contributed by atoms with Crippen LogP contribution in [0.25, 0.3) is 0 Å². The highest BCUT2D eigenvalue weighted by Crippen LogP contribution is 2.31. The molecule has 4 N–H and O–H groups in total. The summed E-state index contributed by atoms with van der Waals surface area (Å²) in [7, 11) is 3.17. The number of nitro groups is 1. The molecule has 0 heterocycles. The van der Waals surface area contributed by atoms with Crippen molar-refractivity contribution in [1.82, 2.24) is 5.32 Å². The summed E-state index contributed by atoms with van der Waals surface area (Å²) in [5.41, 5.74) is 7.54. The Morgan fingerprint density at radius 3 is 2.44 bits per heavy atom. The van der Waals surface area contributed by atoms with Gasteiger partial charge in [0.2, 0.25) is 0 Å². The number of nitrogens with two attached hydrogens (primary N) is 1. The standard InChI is InChI=1S/C25H29N3O6/c1-32-24-11-8-18(13-25(24)33-2)22(12-17-6-4-3-5-7-17)27-15-19(29)16-34-20-9-10-21(26)23(14-20)28(30)31/h3-11,13-14,19,22,27,29H,12,15-16,26H2,1-2H3/t19-,22?/m0/s1. The van der Waals surface area contributed by atoms with Crippen molar-refractivity contribution in [3.8, 4) is 17.2 Å². The maximum atomic E-state index is 11.1. The van der Waals surface area contributed by atoms with Crippen molar-refractivity contribution in [3.05, 3.63) is 88.0 Å². The molecule has 0 bridgehead atoms. The highest BCUT2D eigenvalue weighted by Gasteiger charge is 2.18. The molecular weight excluding hydrogens is 438 g/mol. The highest BCUT2D eigenvalue weighted by atomic mass is 16.6. The van der Waals surface area contributed by atoms with Gasteiger partial charge in [-0.1, -0.05) is 36.4 Å². The molecule has 3 aromatic carbocycles. The third-order valence-electron chi connectivity index (χ3n) is 5.33. The number of nitrogen functional groups attached to an aromatic ring is 1. The molecule has 0 aliphatic heterocycles. The smallest absolute Gasteiger partial charge is 0.295 e. The molecule has 0 saturated heterocycles. The number of methoxy groups -OCH3 is 2. The Labute approximate surface area is 198 Å². The van der Waals surface area contributed by atoms with E-state index in [1.807, 2.05) is 48.5 Å². The molecule has 34 heavy (non-hydrogen) atoms. The minimum atomic E-state index is -0.852. The third-order valence-corrected chi connectivity index (χ3v) is 5.33. The van der Waals surface area contributed by atoms with Gasteiger partial charge >= 0.3 is 0 Å². The molecule has 0 amide bonds. The minimum Gasteiger partial charge on any atom is -0.493 e. The summed E-state index contributed by atoms with van der Waals surface area (Å²) in [5, 5.41) is 24.9. The van der Waals surface area contributed by atoms with Crippen LogP contribution in [0.2, 0.25) is 0 Å². The van der Waals surface area contributed by atoms with Gasteiger partial charge in [0.1, 0.15) is 24.1 Å². The van der Waals surface area contributed by atoms with Crippen molar-refractivity contribution in [1.29, 1.82) is 0 Å². The molecule has 0 aliphatic carbocycles. The second kappa shape index (κ2) is 11.9. The molecule has 9 heteroatoms. The average Bonchev–Trinajstić information content (AvgIpc) is 2.86. The zero-order valence-corrected chi connectivity index (χ0v) is 19.1. The summed E-state index contributed by atoms with van der Waals surface area (Å²) in [6.07, 6.45) is -0.163. The van der Waals surface area contributed by atoms with Crippen molar-refractivity contribution in [2.45, 2.75) is 18.6 Å². The molecule has 1 unspecified atom stereocenters. The van der Waals surface area contributed by atoms with Gasteiger partial charge in [-0.15, -0.1) is 0 Å². The predicted octanol–water partition coefficient (Wildman–Crippen LogP) is 3.51. The molecule has 180 valence electrons. The summed E-state index contributed by atoms with van der Waals surface area (Å²) < 4.78 is 16.3. The Hall–Kier alpha value is -3.82. The van der Waals surface area contributed by atoms with E-state index < -0.39 is 11.0 Å². The summed E-state index contributed by atoms with van der Waals surface area (Å²) >= 11 is 0. The molecule has 0 saturated carbocycles. The molecule has 2 atom stereocenters. The number of rotatable bonds is 12. The fourth-order valence-corrected chi connectivity index (χ4v) is 3.53. The van der Waals surface area contributed by atoms with Gasteiger partial charge < -0.3 is 30.4 Å². The van der Waals surface area contributed by atoms with E-state index in [1.54, 1.807) is 14.2 Å². The van der Waals surface area contributed by atoms with Crippen LogP contribution in [0.5, 0.6) is 17.2 Å². The number of hydrogen-bond acceptors (Lipinski definition) is 8. The Morgan fingerprint density at radius 1 is 1.03 bits per heavy atom. The lowest BCUT2D eigenvalue weighted by Gasteiger charge is -2.23. The summed E-state index contributed by atoms with van der Waals surface area (Å²) in [5.74, 6) is 1.52. The number of benzene rings is 3. The Kier molecular flexibility index (Phi) is 8.66. The number of nitrogens with one attached hydrogen (secondary N) is 1. The van der Waals surface area contributed by atoms with Crippen LogP contribution in [0.15, 0.2) is 66.7 Å². The summed E-state index contributed by atoms with van der Waals surface area (Å²) in [4.78, 5) is 10.5. The predicted molar refractivity (Wildman–Crippen MR) is 129 cm³/mol. The number of anilines is 1. The van der Waals surface area contributed by atoms with Gasteiger partial charge in [0.25, 0.3) is 5.69 Å².